The first-order valence-corrected chi connectivity index (χ1v) is 26.3. The van der Waals surface area contributed by atoms with Crippen molar-refractivity contribution in [1.29, 1.82) is 0 Å². The molecule has 10 rings (SSSR count). The van der Waals surface area contributed by atoms with Crippen LogP contribution < -0.4 is 22.2 Å². The summed E-state index contributed by atoms with van der Waals surface area (Å²) in [6.07, 6.45) is 26.8. The molecule has 2 aromatic carbocycles. The van der Waals surface area contributed by atoms with Crippen LogP contribution in [0.4, 0.5) is 5.82 Å². The number of aromatic nitrogens is 4. The second-order valence-corrected chi connectivity index (χ2v) is 20.8. The van der Waals surface area contributed by atoms with E-state index >= 15 is 0 Å². The summed E-state index contributed by atoms with van der Waals surface area (Å²) < 4.78 is 3.93. The molecule has 6 aliphatic rings. The van der Waals surface area contributed by atoms with Crippen LogP contribution >= 0.6 is 24.0 Å². The molecule has 4 bridgehead atoms. The normalized spacial score (nSPS) is 27.0. The number of aliphatic hydroxyl groups is 4. The quantitative estimate of drug-likeness (QED) is 0.0918. The van der Waals surface area contributed by atoms with Crippen LogP contribution in [-0.4, -0.2) is 124 Å². The molecule has 14 nitrogen and oxygen atoms in total. The minimum atomic E-state index is -0.922. The molecule has 4 aliphatic heterocycles. The van der Waals surface area contributed by atoms with Gasteiger partial charge in [-0.2, -0.15) is 0 Å². The van der Waals surface area contributed by atoms with Crippen molar-refractivity contribution >= 4 is 51.9 Å². The summed E-state index contributed by atoms with van der Waals surface area (Å²) in [6.45, 7) is -0.354. The summed E-state index contributed by atoms with van der Waals surface area (Å²) in [4.78, 5) is 41.1. The number of nitrogens with zero attached hydrogens (tertiary/aromatic N) is 6. The van der Waals surface area contributed by atoms with Gasteiger partial charge in [-0.25, -0.2) is 9.97 Å². The minimum Gasteiger partial charge on any atom is -0.394 e. The second kappa shape index (κ2) is 25.3. The monoisotopic (exact) mass is 981 g/mol. The van der Waals surface area contributed by atoms with E-state index < -0.39 is 12.2 Å². The molecule has 8 atom stereocenters. The highest BCUT2D eigenvalue weighted by Crippen LogP contribution is 2.46. The van der Waals surface area contributed by atoms with Gasteiger partial charge in [-0.15, -0.1) is 12.4 Å². The fourth-order valence-electron chi connectivity index (χ4n) is 12.9. The highest BCUT2D eigenvalue weighted by Gasteiger charge is 2.46. The van der Waals surface area contributed by atoms with Gasteiger partial charge in [-0.05, 0) is 101 Å². The predicted octanol–water partition coefficient (Wildman–Crippen LogP) is 7.49. The lowest BCUT2D eigenvalue weighted by Gasteiger charge is -2.45. The second-order valence-electron chi connectivity index (χ2n) is 20.4. The molecule has 6 fully saturated rings. The fourth-order valence-corrected chi connectivity index (χ4v) is 13.1. The average molecular weight is 982 g/mol. The smallest absolute Gasteiger partial charge is 0.294 e. The van der Waals surface area contributed by atoms with E-state index in [9.17, 15) is 14.7 Å². The van der Waals surface area contributed by atoms with Crippen LogP contribution in [-0.2, 0) is 0 Å². The van der Waals surface area contributed by atoms with Crippen molar-refractivity contribution in [3.63, 3.8) is 0 Å². The van der Waals surface area contributed by atoms with E-state index in [0.29, 0.717) is 30.2 Å². The Hall–Kier alpha value is -3.18. The summed E-state index contributed by atoms with van der Waals surface area (Å²) >= 11 is 6.23. The molecule has 6 heterocycles. The van der Waals surface area contributed by atoms with Crippen molar-refractivity contribution in [3.05, 3.63) is 74.4 Å². The third-order valence-electron chi connectivity index (χ3n) is 16.0. The Balaban J connectivity index is 0.000000179. The van der Waals surface area contributed by atoms with Crippen molar-refractivity contribution in [2.75, 3.05) is 31.6 Å². The molecule has 0 spiro atoms. The molecule has 2 unspecified atom stereocenters. The number of para-hydroxylation sites is 4. The highest BCUT2D eigenvalue weighted by molar-refractivity contribution is 6.29. The molecule has 376 valence electrons. The van der Waals surface area contributed by atoms with E-state index in [-0.39, 0.29) is 72.9 Å². The Bertz CT molecular complexity index is 2290. The number of anilines is 1. The lowest BCUT2D eigenvalue weighted by molar-refractivity contribution is 0.0497. The molecule has 68 heavy (non-hydrogen) atoms. The van der Waals surface area contributed by atoms with Crippen LogP contribution in [0.3, 0.4) is 0 Å². The number of hydrogen-bond acceptors (Lipinski definition) is 12. The molecule has 2 aromatic heterocycles. The summed E-state index contributed by atoms with van der Waals surface area (Å²) in [5, 5.41) is 38.3. The number of fused-ring (bicyclic) bond motifs is 6. The van der Waals surface area contributed by atoms with Crippen molar-refractivity contribution in [2.45, 2.75) is 202 Å². The van der Waals surface area contributed by atoms with Gasteiger partial charge in [0.15, 0.2) is 11.0 Å². The minimum absolute atomic E-state index is 0. The third-order valence-corrected chi connectivity index (χ3v) is 16.2. The Kier molecular flexibility index (Phi) is 19.6. The highest BCUT2D eigenvalue weighted by atomic mass is 35.5. The van der Waals surface area contributed by atoms with E-state index in [1.807, 2.05) is 57.7 Å². The number of halogens is 2. The zero-order valence-electron chi connectivity index (χ0n) is 39.9. The number of hydrogen-bond donors (Lipinski definition) is 6. The van der Waals surface area contributed by atoms with E-state index in [1.54, 1.807) is 0 Å². The first-order chi connectivity index (χ1) is 32.7. The predicted molar refractivity (Wildman–Crippen MR) is 274 cm³/mol. The molecule has 2 saturated carbocycles. The lowest BCUT2D eigenvalue weighted by atomic mass is 9.89. The van der Waals surface area contributed by atoms with Crippen LogP contribution in [0.2, 0.25) is 5.15 Å². The topological polar surface area (TPSA) is 195 Å². The number of piperidine rings is 2. The van der Waals surface area contributed by atoms with E-state index in [2.05, 4.69) is 25.1 Å². The number of nitrogens with two attached hydrogens (primary N) is 1. The van der Waals surface area contributed by atoms with Crippen LogP contribution in [0.1, 0.15) is 153 Å². The maximum Gasteiger partial charge on any atom is 0.294 e. The van der Waals surface area contributed by atoms with Crippen molar-refractivity contribution < 1.29 is 20.4 Å². The van der Waals surface area contributed by atoms with E-state index in [0.717, 1.165) is 53.8 Å². The van der Waals surface area contributed by atoms with E-state index in [1.165, 1.54) is 116 Å². The molecule has 4 saturated heterocycles. The first-order valence-electron chi connectivity index (χ1n) is 25.9. The number of benzene rings is 2. The zero-order valence-corrected chi connectivity index (χ0v) is 41.5. The van der Waals surface area contributed by atoms with Crippen LogP contribution in [0.5, 0.6) is 0 Å². The van der Waals surface area contributed by atoms with Crippen molar-refractivity contribution in [2.24, 2.45) is 5.73 Å². The first kappa shape index (κ1) is 52.6. The number of nitrogens with one attached hydrogen (secondary N) is 1. The van der Waals surface area contributed by atoms with Crippen molar-refractivity contribution in [3.8, 4) is 0 Å². The molecule has 2 aliphatic carbocycles. The van der Waals surface area contributed by atoms with Gasteiger partial charge in [-0.1, -0.05) is 100 Å². The fraction of sp³-hybridized carbons (Fsp3) is 0.692. The Labute approximate surface area is 413 Å². The van der Waals surface area contributed by atoms with Gasteiger partial charge in [0, 0.05) is 61.4 Å². The summed E-state index contributed by atoms with van der Waals surface area (Å²) in [7, 11) is 0. The number of aliphatic hydroxyl groups excluding tert-OH is 4. The number of rotatable bonds is 10. The van der Waals surface area contributed by atoms with E-state index in [4.69, 9.17) is 32.7 Å². The van der Waals surface area contributed by atoms with Crippen LogP contribution in [0.15, 0.2) is 58.1 Å². The Morgan fingerprint density at radius 1 is 0.559 bits per heavy atom. The molecule has 7 N–H and O–H groups in total. The van der Waals surface area contributed by atoms with Gasteiger partial charge in [0.2, 0.25) is 0 Å². The van der Waals surface area contributed by atoms with Gasteiger partial charge in [0.25, 0.3) is 11.1 Å². The van der Waals surface area contributed by atoms with Gasteiger partial charge in [-0.3, -0.25) is 19.4 Å². The average Bonchev–Trinajstić information content (AvgIpc) is 3.73. The zero-order chi connectivity index (χ0) is 46.9. The van der Waals surface area contributed by atoms with Gasteiger partial charge in [0.1, 0.15) is 0 Å². The van der Waals surface area contributed by atoms with Gasteiger partial charge < -0.3 is 40.6 Å². The SMILES string of the molecule is Cl.NC[C@@H](O)CO.O=c1c(Cl)nc2ccccc2n1C1C[C@H]2CC[C@@H](C1)N2C1CCCCCCC1.O=c1c(NC[C@@H](O)CO)nc2ccccc2n1C1C[C@H]2CC[C@@H](C1)N2C1CCCCCCC1. The maximum atomic E-state index is 13.6. The largest absolute Gasteiger partial charge is 0.394 e. The van der Waals surface area contributed by atoms with Gasteiger partial charge in [0.05, 0.1) is 47.5 Å². The van der Waals surface area contributed by atoms with Crippen LogP contribution in [0.25, 0.3) is 22.1 Å². The van der Waals surface area contributed by atoms with Crippen molar-refractivity contribution in [1.82, 2.24) is 28.9 Å². The Morgan fingerprint density at radius 3 is 1.37 bits per heavy atom. The molecule has 4 aromatic rings. The molecule has 16 heteroatoms. The van der Waals surface area contributed by atoms with Crippen LogP contribution in [0, 0.1) is 0 Å². The summed E-state index contributed by atoms with van der Waals surface area (Å²) in [5.41, 5.74) is 8.05. The van der Waals surface area contributed by atoms with Gasteiger partial charge >= 0.3 is 0 Å². The standard InChI is InChI=1S/C26H38N4O3.C23H30ClN3O.C3H9NO2.ClH/c31-17-22(32)16-27-25-26(33)30(24-11-7-6-10-23(24)28-25)21-14-19-12-13-20(15-21)29(19)18-8-4-2-1-3-5-9-18;24-22-23(28)27(21-11-7-6-10-20(21)25-22)19-14-17-12-13-18(15-19)26(17)16-8-4-2-1-3-5-9-16;4-1-3(6)2-5;/h6-7,10-11,18-22,31-32H,1-5,8-9,12-17H2,(H,27,28);6-7,10-11,16-19H,1-5,8-9,12-15H2;3,5-6H,1-2,4H2;1H/t19-,20+,21?,22-;17-,18+,19?;3-;/m1.1./s1. The third kappa shape index (κ3) is 12.3. The molecule has 0 radical (unpaired) electrons. The lowest BCUT2D eigenvalue weighted by Crippen LogP contribution is -2.50. The molecular formula is C52H78Cl2N8O6. The summed E-state index contributed by atoms with van der Waals surface area (Å²) in [5.74, 6) is 0.260. The maximum absolute atomic E-state index is 13.6. The molecule has 0 amide bonds. The Morgan fingerprint density at radius 2 is 0.956 bits per heavy atom. The summed E-state index contributed by atoms with van der Waals surface area (Å²) in [6, 6.07) is 20.0. The molecular weight excluding hydrogens is 904 g/mol.